The van der Waals surface area contributed by atoms with E-state index >= 15 is 0 Å². The predicted octanol–water partition coefficient (Wildman–Crippen LogP) is 1.70. The van der Waals surface area contributed by atoms with Gasteiger partial charge in [-0.05, 0) is 12.5 Å². The molecular weight excluding hydrogens is 228 g/mol. The van der Waals surface area contributed by atoms with Crippen molar-refractivity contribution >= 4 is 24.2 Å². The first-order chi connectivity index (χ1) is 7.54. The molecule has 1 amide bonds. The molecule has 0 radical (unpaired) electrons. The molecule has 0 spiro atoms. The molecular formula is C10H12N2O3S. The Morgan fingerprint density at radius 1 is 1.50 bits per heavy atom. The predicted molar refractivity (Wildman–Crippen MR) is 63.5 cm³/mol. The van der Waals surface area contributed by atoms with Gasteiger partial charge in [-0.3, -0.25) is 14.9 Å². The maximum Gasteiger partial charge on any atom is 0.269 e. The number of amides is 1. The monoisotopic (exact) mass is 240 g/mol. The molecule has 0 aliphatic rings. The number of rotatable bonds is 4. The average Bonchev–Trinajstić information content (AvgIpc) is 2.28. The van der Waals surface area contributed by atoms with Gasteiger partial charge < -0.3 is 5.32 Å². The van der Waals surface area contributed by atoms with Gasteiger partial charge in [0.25, 0.3) is 5.69 Å². The van der Waals surface area contributed by atoms with Gasteiger partial charge in [0, 0.05) is 12.1 Å². The maximum atomic E-state index is 11.1. The lowest BCUT2D eigenvalue weighted by Gasteiger charge is -2.13. The molecule has 6 heteroatoms. The smallest absolute Gasteiger partial charge is 0.269 e. The summed E-state index contributed by atoms with van der Waals surface area (Å²) in [5.74, 6) is -0.0497. The van der Waals surface area contributed by atoms with Crippen LogP contribution in [0.25, 0.3) is 0 Å². The molecule has 1 unspecified atom stereocenters. The van der Waals surface area contributed by atoms with Gasteiger partial charge >= 0.3 is 0 Å². The molecule has 1 aromatic rings. The first-order valence-corrected chi connectivity index (χ1v) is 5.32. The van der Waals surface area contributed by atoms with Crippen molar-refractivity contribution in [3.05, 3.63) is 39.9 Å². The number of carbonyl (C=O) groups is 1. The standard InChI is InChI=1S/C10H12N2O3S/c1-7(11-10(13)6-16)8-2-4-9(5-3-8)12(14)15/h2-5,7,16H,6H2,1H3,(H,11,13). The number of nitrogens with one attached hydrogen (secondary N) is 1. The summed E-state index contributed by atoms with van der Waals surface area (Å²) in [4.78, 5) is 21.0. The summed E-state index contributed by atoms with van der Waals surface area (Å²) in [6, 6.07) is 5.90. The number of hydrogen-bond donors (Lipinski definition) is 2. The van der Waals surface area contributed by atoms with Crippen molar-refractivity contribution in [3.63, 3.8) is 0 Å². The lowest BCUT2D eigenvalue weighted by atomic mass is 10.1. The summed E-state index contributed by atoms with van der Waals surface area (Å²) in [5.41, 5.74) is 0.859. The lowest BCUT2D eigenvalue weighted by molar-refractivity contribution is -0.384. The van der Waals surface area contributed by atoms with Crippen LogP contribution < -0.4 is 5.32 Å². The molecule has 0 aliphatic heterocycles. The molecule has 1 N–H and O–H groups in total. The van der Waals surface area contributed by atoms with Crippen LogP contribution in [0.5, 0.6) is 0 Å². The summed E-state index contributed by atoms with van der Waals surface area (Å²) in [7, 11) is 0. The largest absolute Gasteiger partial charge is 0.349 e. The van der Waals surface area contributed by atoms with Gasteiger partial charge in [0.15, 0.2) is 0 Å². The van der Waals surface area contributed by atoms with Crippen LogP contribution >= 0.6 is 12.6 Å². The van der Waals surface area contributed by atoms with Crippen molar-refractivity contribution in [1.29, 1.82) is 0 Å². The number of carbonyl (C=O) groups excluding carboxylic acids is 1. The number of thiol groups is 1. The van der Waals surface area contributed by atoms with Crippen LogP contribution in [-0.2, 0) is 4.79 Å². The highest BCUT2D eigenvalue weighted by Gasteiger charge is 2.10. The lowest BCUT2D eigenvalue weighted by Crippen LogP contribution is -2.27. The highest BCUT2D eigenvalue weighted by molar-refractivity contribution is 7.81. The Morgan fingerprint density at radius 2 is 2.06 bits per heavy atom. The summed E-state index contributed by atoms with van der Waals surface area (Å²) in [6.45, 7) is 1.81. The van der Waals surface area contributed by atoms with E-state index in [1.807, 2.05) is 6.92 Å². The van der Waals surface area contributed by atoms with E-state index in [2.05, 4.69) is 17.9 Å². The zero-order valence-corrected chi connectivity index (χ0v) is 9.61. The SMILES string of the molecule is CC(NC(=O)CS)c1ccc([N+](=O)[O-])cc1. The second kappa shape index (κ2) is 5.50. The van der Waals surface area contributed by atoms with Crippen LogP contribution in [0.1, 0.15) is 18.5 Å². The Balaban J connectivity index is 2.73. The molecule has 16 heavy (non-hydrogen) atoms. The van der Waals surface area contributed by atoms with Crippen LogP contribution in [0, 0.1) is 10.1 Å². The average molecular weight is 240 g/mol. The number of nitro groups is 1. The molecule has 1 atom stereocenters. The van der Waals surface area contributed by atoms with Crippen LogP contribution in [0.15, 0.2) is 24.3 Å². The number of non-ortho nitro benzene ring substituents is 1. The highest BCUT2D eigenvalue weighted by Crippen LogP contribution is 2.17. The van der Waals surface area contributed by atoms with E-state index in [1.165, 1.54) is 12.1 Å². The Hall–Kier alpha value is -1.56. The summed E-state index contributed by atoms with van der Waals surface area (Å²) < 4.78 is 0. The maximum absolute atomic E-state index is 11.1. The van der Waals surface area contributed by atoms with Crippen molar-refractivity contribution in [1.82, 2.24) is 5.32 Å². The van der Waals surface area contributed by atoms with E-state index in [0.29, 0.717) is 0 Å². The quantitative estimate of drug-likeness (QED) is 0.478. The van der Waals surface area contributed by atoms with Gasteiger partial charge in [-0.25, -0.2) is 0 Å². The van der Waals surface area contributed by atoms with Crippen LogP contribution in [0.4, 0.5) is 5.69 Å². The Kier molecular flexibility index (Phi) is 4.30. The minimum Gasteiger partial charge on any atom is -0.349 e. The van der Waals surface area contributed by atoms with Crippen molar-refractivity contribution in [2.24, 2.45) is 0 Å². The third kappa shape index (κ3) is 3.23. The third-order valence-electron chi connectivity index (χ3n) is 2.13. The second-order valence-corrected chi connectivity index (χ2v) is 3.61. The van der Waals surface area contributed by atoms with Crippen LogP contribution in [0.3, 0.4) is 0 Å². The van der Waals surface area contributed by atoms with E-state index in [4.69, 9.17) is 0 Å². The highest BCUT2D eigenvalue weighted by atomic mass is 32.1. The molecule has 5 nitrogen and oxygen atoms in total. The van der Waals surface area contributed by atoms with Gasteiger partial charge in [0.1, 0.15) is 0 Å². The zero-order valence-electron chi connectivity index (χ0n) is 8.71. The van der Waals surface area contributed by atoms with Gasteiger partial charge in [-0.1, -0.05) is 12.1 Å². The van der Waals surface area contributed by atoms with Gasteiger partial charge in [0.2, 0.25) is 5.91 Å². The second-order valence-electron chi connectivity index (χ2n) is 3.30. The van der Waals surface area contributed by atoms with Crippen molar-refractivity contribution in [3.8, 4) is 0 Å². The first kappa shape index (κ1) is 12.5. The van der Waals surface area contributed by atoms with Gasteiger partial charge in [-0.2, -0.15) is 12.6 Å². The Morgan fingerprint density at radius 3 is 2.50 bits per heavy atom. The van der Waals surface area contributed by atoms with Crippen molar-refractivity contribution in [2.75, 3.05) is 5.75 Å². The van der Waals surface area contributed by atoms with Gasteiger partial charge in [0.05, 0.1) is 16.7 Å². The summed E-state index contributed by atoms with van der Waals surface area (Å²) >= 11 is 3.84. The minimum atomic E-state index is -0.458. The number of nitrogens with zero attached hydrogens (tertiary/aromatic N) is 1. The number of nitro benzene ring substituents is 1. The van der Waals surface area contributed by atoms with E-state index in [9.17, 15) is 14.9 Å². The van der Waals surface area contributed by atoms with E-state index in [0.717, 1.165) is 5.56 Å². The molecule has 1 rings (SSSR count). The summed E-state index contributed by atoms with van der Waals surface area (Å²) in [6.07, 6.45) is 0. The fourth-order valence-corrected chi connectivity index (χ4v) is 1.35. The third-order valence-corrected chi connectivity index (χ3v) is 2.41. The Labute approximate surface area is 98.4 Å². The molecule has 0 saturated carbocycles. The van der Waals surface area contributed by atoms with Crippen LogP contribution in [-0.4, -0.2) is 16.6 Å². The fourth-order valence-electron chi connectivity index (χ4n) is 1.26. The molecule has 1 aromatic carbocycles. The summed E-state index contributed by atoms with van der Waals surface area (Å²) in [5, 5.41) is 13.1. The van der Waals surface area contributed by atoms with Gasteiger partial charge in [-0.15, -0.1) is 0 Å². The molecule has 0 bridgehead atoms. The fraction of sp³-hybridized carbons (Fsp3) is 0.300. The topological polar surface area (TPSA) is 72.2 Å². The first-order valence-electron chi connectivity index (χ1n) is 4.69. The zero-order chi connectivity index (χ0) is 12.1. The number of hydrogen-bond acceptors (Lipinski definition) is 4. The van der Waals surface area contributed by atoms with E-state index in [-0.39, 0.29) is 23.4 Å². The van der Waals surface area contributed by atoms with Crippen molar-refractivity contribution in [2.45, 2.75) is 13.0 Å². The Bertz CT molecular complexity index is 392. The van der Waals surface area contributed by atoms with Crippen LogP contribution in [0.2, 0.25) is 0 Å². The van der Waals surface area contributed by atoms with E-state index in [1.54, 1.807) is 12.1 Å². The minimum absolute atomic E-state index is 0.0384. The molecule has 0 aromatic heterocycles. The molecule has 0 fully saturated rings. The number of benzene rings is 1. The van der Waals surface area contributed by atoms with Crippen molar-refractivity contribution < 1.29 is 9.72 Å². The molecule has 0 saturated heterocycles. The molecule has 0 heterocycles. The van der Waals surface area contributed by atoms with E-state index < -0.39 is 4.92 Å². The molecule has 86 valence electrons. The molecule has 0 aliphatic carbocycles. The normalized spacial score (nSPS) is 11.9.